The standard InChI is InChI=1S/C18H27N3O3/c1-12-7-9-21(10-8-12)18(23)13(2)19-16-11-15(20-14(3)22)5-6-17(16)24-4/h5-6,11-13,19H,7-10H2,1-4H3,(H,20,22)/t13-/m0/s1. The van der Waals surface area contributed by atoms with Crippen molar-refractivity contribution in [1.82, 2.24) is 4.90 Å². The first-order valence-corrected chi connectivity index (χ1v) is 8.41. The van der Waals surface area contributed by atoms with E-state index in [0.29, 0.717) is 23.0 Å². The Morgan fingerprint density at radius 1 is 1.29 bits per heavy atom. The van der Waals surface area contributed by atoms with E-state index in [1.807, 2.05) is 11.8 Å². The fraction of sp³-hybridized carbons (Fsp3) is 0.556. The van der Waals surface area contributed by atoms with Crippen molar-refractivity contribution in [2.75, 3.05) is 30.8 Å². The van der Waals surface area contributed by atoms with Gasteiger partial charge in [-0.1, -0.05) is 6.92 Å². The van der Waals surface area contributed by atoms with Crippen LogP contribution in [0, 0.1) is 5.92 Å². The molecule has 132 valence electrons. The summed E-state index contributed by atoms with van der Waals surface area (Å²) in [6.07, 6.45) is 2.11. The van der Waals surface area contributed by atoms with Gasteiger partial charge in [-0.25, -0.2) is 0 Å². The highest BCUT2D eigenvalue weighted by Gasteiger charge is 2.25. The molecule has 0 radical (unpaired) electrons. The van der Waals surface area contributed by atoms with Crippen molar-refractivity contribution in [3.8, 4) is 5.75 Å². The SMILES string of the molecule is COc1ccc(NC(C)=O)cc1N[C@@H](C)C(=O)N1CCC(C)CC1. The summed E-state index contributed by atoms with van der Waals surface area (Å²) >= 11 is 0. The van der Waals surface area contributed by atoms with Gasteiger partial charge in [0.1, 0.15) is 11.8 Å². The Morgan fingerprint density at radius 3 is 2.54 bits per heavy atom. The molecule has 1 fully saturated rings. The Morgan fingerprint density at radius 2 is 1.96 bits per heavy atom. The van der Waals surface area contributed by atoms with Crippen molar-refractivity contribution in [3.63, 3.8) is 0 Å². The van der Waals surface area contributed by atoms with Gasteiger partial charge in [0.05, 0.1) is 12.8 Å². The van der Waals surface area contributed by atoms with Crippen LogP contribution in [0.2, 0.25) is 0 Å². The molecule has 1 heterocycles. The van der Waals surface area contributed by atoms with Crippen molar-refractivity contribution in [1.29, 1.82) is 0 Å². The molecule has 0 bridgehead atoms. The van der Waals surface area contributed by atoms with Gasteiger partial charge in [-0.2, -0.15) is 0 Å². The molecule has 1 saturated heterocycles. The van der Waals surface area contributed by atoms with E-state index in [9.17, 15) is 9.59 Å². The van der Waals surface area contributed by atoms with Crippen LogP contribution in [0.25, 0.3) is 0 Å². The third-order valence-electron chi connectivity index (χ3n) is 4.36. The number of amides is 2. The molecule has 24 heavy (non-hydrogen) atoms. The second-order valence-corrected chi connectivity index (χ2v) is 6.47. The number of nitrogens with one attached hydrogen (secondary N) is 2. The minimum Gasteiger partial charge on any atom is -0.495 e. The van der Waals surface area contributed by atoms with Gasteiger partial charge >= 0.3 is 0 Å². The molecule has 0 aromatic heterocycles. The van der Waals surface area contributed by atoms with Gasteiger partial charge in [0.2, 0.25) is 11.8 Å². The number of carbonyl (C=O) groups is 2. The number of likely N-dealkylation sites (tertiary alicyclic amines) is 1. The number of methoxy groups -OCH3 is 1. The van der Waals surface area contributed by atoms with Gasteiger partial charge < -0.3 is 20.3 Å². The highest BCUT2D eigenvalue weighted by molar-refractivity contribution is 5.90. The zero-order valence-electron chi connectivity index (χ0n) is 14.9. The Hall–Kier alpha value is -2.24. The first-order chi connectivity index (χ1) is 11.4. The fourth-order valence-corrected chi connectivity index (χ4v) is 2.90. The molecule has 0 spiro atoms. The number of nitrogens with zero attached hydrogens (tertiary/aromatic N) is 1. The maximum absolute atomic E-state index is 12.6. The quantitative estimate of drug-likeness (QED) is 0.869. The van der Waals surface area contributed by atoms with Crippen LogP contribution in [-0.2, 0) is 9.59 Å². The van der Waals surface area contributed by atoms with Crippen LogP contribution in [0.4, 0.5) is 11.4 Å². The number of hydrogen-bond donors (Lipinski definition) is 2. The van der Waals surface area contributed by atoms with E-state index in [-0.39, 0.29) is 17.9 Å². The van der Waals surface area contributed by atoms with Crippen molar-refractivity contribution in [3.05, 3.63) is 18.2 Å². The van der Waals surface area contributed by atoms with Crippen LogP contribution >= 0.6 is 0 Å². The number of rotatable bonds is 5. The van der Waals surface area contributed by atoms with E-state index < -0.39 is 0 Å². The molecule has 1 aliphatic rings. The lowest BCUT2D eigenvalue weighted by atomic mass is 9.99. The Labute approximate surface area is 143 Å². The summed E-state index contributed by atoms with van der Waals surface area (Å²) < 4.78 is 5.35. The highest BCUT2D eigenvalue weighted by Crippen LogP contribution is 2.29. The first kappa shape index (κ1) is 18.1. The predicted molar refractivity (Wildman–Crippen MR) is 95.4 cm³/mol. The van der Waals surface area contributed by atoms with Crippen molar-refractivity contribution in [2.24, 2.45) is 5.92 Å². The summed E-state index contributed by atoms with van der Waals surface area (Å²) in [5.74, 6) is 1.27. The normalized spacial score (nSPS) is 16.4. The monoisotopic (exact) mass is 333 g/mol. The molecule has 1 atom stereocenters. The number of benzene rings is 1. The summed E-state index contributed by atoms with van der Waals surface area (Å²) in [6, 6.07) is 4.96. The average Bonchev–Trinajstić information content (AvgIpc) is 2.54. The molecule has 1 aliphatic heterocycles. The zero-order chi connectivity index (χ0) is 17.7. The maximum atomic E-state index is 12.6. The van der Waals surface area contributed by atoms with Gasteiger partial charge in [0.25, 0.3) is 0 Å². The van der Waals surface area contributed by atoms with E-state index in [1.165, 1.54) is 6.92 Å². The smallest absolute Gasteiger partial charge is 0.244 e. The molecule has 0 saturated carbocycles. The number of ether oxygens (including phenoxy) is 1. The summed E-state index contributed by atoms with van der Waals surface area (Å²) in [6.45, 7) is 7.16. The number of piperidine rings is 1. The third kappa shape index (κ3) is 4.63. The van der Waals surface area contributed by atoms with Crippen LogP contribution in [0.15, 0.2) is 18.2 Å². The minimum atomic E-state index is -0.361. The first-order valence-electron chi connectivity index (χ1n) is 8.41. The topological polar surface area (TPSA) is 70.7 Å². The molecule has 0 unspecified atom stereocenters. The van der Waals surface area contributed by atoms with E-state index in [2.05, 4.69) is 17.6 Å². The van der Waals surface area contributed by atoms with Gasteiger partial charge in [-0.05, 0) is 43.9 Å². The largest absolute Gasteiger partial charge is 0.495 e. The number of hydrogen-bond acceptors (Lipinski definition) is 4. The molecule has 0 aliphatic carbocycles. The summed E-state index contributed by atoms with van der Waals surface area (Å²) in [5, 5.41) is 5.95. The van der Waals surface area contributed by atoms with E-state index >= 15 is 0 Å². The lowest BCUT2D eigenvalue weighted by molar-refractivity contribution is -0.133. The second kappa shape index (κ2) is 8.04. The zero-order valence-corrected chi connectivity index (χ0v) is 14.9. The Bertz CT molecular complexity index is 595. The summed E-state index contributed by atoms with van der Waals surface area (Å²) in [5.41, 5.74) is 1.35. The van der Waals surface area contributed by atoms with Crippen LogP contribution in [0.1, 0.15) is 33.6 Å². The molecule has 6 heteroatoms. The molecule has 2 N–H and O–H groups in total. The Balaban J connectivity index is 2.07. The van der Waals surface area contributed by atoms with Crippen LogP contribution in [0.3, 0.4) is 0 Å². The molecule has 1 aromatic carbocycles. The second-order valence-electron chi connectivity index (χ2n) is 6.47. The van der Waals surface area contributed by atoms with Crippen LogP contribution < -0.4 is 15.4 Å². The van der Waals surface area contributed by atoms with E-state index in [0.717, 1.165) is 25.9 Å². The van der Waals surface area contributed by atoms with Gasteiger partial charge in [-0.15, -0.1) is 0 Å². The van der Waals surface area contributed by atoms with E-state index in [4.69, 9.17) is 4.74 Å². The summed E-state index contributed by atoms with van der Waals surface area (Å²) in [7, 11) is 1.58. The molecule has 2 amide bonds. The van der Waals surface area contributed by atoms with Crippen LogP contribution in [0.5, 0.6) is 5.75 Å². The lowest BCUT2D eigenvalue weighted by Gasteiger charge is -2.32. The molecular weight excluding hydrogens is 306 g/mol. The molecule has 1 aromatic rings. The third-order valence-corrected chi connectivity index (χ3v) is 4.36. The molecular formula is C18H27N3O3. The van der Waals surface area contributed by atoms with Gasteiger partial charge in [0.15, 0.2) is 0 Å². The number of carbonyl (C=O) groups excluding carboxylic acids is 2. The van der Waals surface area contributed by atoms with Crippen molar-refractivity contribution in [2.45, 2.75) is 39.7 Å². The molecule has 2 rings (SSSR count). The number of anilines is 2. The van der Waals surface area contributed by atoms with E-state index in [1.54, 1.807) is 25.3 Å². The van der Waals surface area contributed by atoms with Crippen LogP contribution in [-0.4, -0.2) is 43.0 Å². The predicted octanol–water partition coefficient (Wildman–Crippen LogP) is 2.71. The van der Waals surface area contributed by atoms with Gasteiger partial charge in [0, 0.05) is 25.7 Å². The minimum absolute atomic E-state index is 0.0916. The average molecular weight is 333 g/mol. The van der Waals surface area contributed by atoms with Crippen molar-refractivity contribution < 1.29 is 14.3 Å². The maximum Gasteiger partial charge on any atom is 0.244 e. The Kier molecular flexibility index (Phi) is 6.06. The fourth-order valence-electron chi connectivity index (χ4n) is 2.90. The lowest BCUT2D eigenvalue weighted by Crippen LogP contribution is -2.45. The summed E-state index contributed by atoms with van der Waals surface area (Å²) in [4.78, 5) is 25.8. The molecule has 6 nitrogen and oxygen atoms in total. The van der Waals surface area contributed by atoms with Crippen molar-refractivity contribution >= 4 is 23.2 Å². The van der Waals surface area contributed by atoms with Gasteiger partial charge in [-0.3, -0.25) is 9.59 Å². The highest BCUT2D eigenvalue weighted by atomic mass is 16.5.